The molecule has 1 N–H and O–H groups in total. The van der Waals surface area contributed by atoms with Crippen molar-refractivity contribution in [2.45, 2.75) is 38.0 Å². The molecule has 1 unspecified atom stereocenters. The van der Waals surface area contributed by atoms with Crippen LogP contribution < -0.4 is 10.5 Å². The molecular formula is C24H21ClF3N3O2. The normalized spacial score (nSPS) is 18.1. The molecule has 5 rings (SSSR count). The van der Waals surface area contributed by atoms with Crippen LogP contribution in [-0.2, 0) is 19.0 Å². The minimum atomic E-state index is -4.68. The Morgan fingerprint density at radius 3 is 2.55 bits per heavy atom. The molecule has 1 atom stereocenters. The fourth-order valence-corrected chi connectivity index (χ4v) is 4.94. The Morgan fingerprint density at radius 2 is 1.85 bits per heavy atom. The van der Waals surface area contributed by atoms with Crippen LogP contribution in [0.5, 0.6) is 0 Å². The highest BCUT2D eigenvalue weighted by molar-refractivity contribution is 6.33. The lowest BCUT2D eigenvalue weighted by Crippen LogP contribution is -2.29. The molecule has 1 aromatic heterocycles. The Kier molecular flexibility index (Phi) is 5.45. The lowest BCUT2D eigenvalue weighted by atomic mass is 10.0. The third-order valence-corrected chi connectivity index (χ3v) is 6.66. The number of β-amino-alcohol motifs (C(OH)–C–C–N with tert-alkyl or cyclic N) is 1. The van der Waals surface area contributed by atoms with E-state index in [2.05, 4.69) is 5.10 Å². The van der Waals surface area contributed by atoms with Crippen LogP contribution in [0.3, 0.4) is 0 Å². The SMILES string of the molecule is O=c1c2c(c(-c3ccccc3Cl)nn1-c1cc(N3CCC(O)C3)ccc1C(F)(F)F)CCC2. The van der Waals surface area contributed by atoms with Crippen molar-refractivity contribution in [3.63, 3.8) is 0 Å². The highest BCUT2D eigenvalue weighted by atomic mass is 35.5. The number of fused-ring (bicyclic) bond motifs is 1. The zero-order valence-corrected chi connectivity index (χ0v) is 18.3. The van der Waals surface area contributed by atoms with Crippen LogP contribution in [0.4, 0.5) is 18.9 Å². The second-order valence-corrected chi connectivity index (χ2v) is 8.85. The van der Waals surface area contributed by atoms with E-state index in [0.29, 0.717) is 59.9 Å². The van der Waals surface area contributed by atoms with Gasteiger partial charge in [-0.25, -0.2) is 0 Å². The first-order valence-electron chi connectivity index (χ1n) is 10.8. The highest BCUT2D eigenvalue weighted by Gasteiger charge is 2.36. The summed E-state index contributed by atoms with van der Waals surface area (Å²) in [5.41, 5.74) is 0.941. The summed E-state index contributed by atoms with van der Waals surface area (Å²) < 4.78 is 42.8. The molecule has 0 saturated carbocycles. The molecule has 1 aliphatic carbocycles. The number of benzene rings is 2. The van der Waals surface area contributed by atoms with Crippen molar-refractivity contribution >= 4 is 17.3 Å². The molecule has 2 aromatic carbocycles. The molecule has 2 heterocycles. The van der Waals surface area contributed by atoms with Gasteiger partial charge in [0, 0.05) is 29.9 Å². The van der Waals surface area contributed by atoms with Crippen LogP contribution in [0.1, 0.15) is 29.5 Å². The quantitative estimate of drug-likeness (QED) is 0.600. The van der Waals surface area contributed by atoms with E-state index < -0.39 is 23.4 Å². The number of hydrogen-bond donors (Lipinski definition) is 1. The molecule has 0 bridgehead atoms. The predicted molar refractivity (Wildman–Crippen MR) is 120 cm³/mol. The average molecular weight is 476 g/mol. The first-order valence-corrected chi connectivity index (χ1v) is 11.2. The second-order valence-electron chi connectivity index (χ2n) is 8.44. The Labute approximate surface area is 193 Å². The molecule has 1 fully saturated rings. The van der Waals surface area contributed by atoms with Crippen molar-refractivity contribution in [2.24, 2.45) is 0 Å². The molecule has 33 heavy (non-hydrogen) atoms. The van der Waals surface area contributed by atoms with Crippen LogP contribution >= 0.6 is 11.6 Å². The van der Waals surface area contributed by atoms with E-state index in [1.54, 1.807) is 24.3 Å². The minimum Gasteiger partial charge on any atom is -0.391 e. The summed E-state index contributed by atoms with van der Waals surface area (Å²) in [5, 5.41) is 14.7. The van der Waals surface area contributed by atoms with Crippen LogP contribution in [-0.4, -0.2) is 34.1 Å². The van der Waals surface area contributed by atoms with Crippen molar-refractivity contribution in [3.05, 3.63) is 74.5 Å². The Bertz CT molecular complexity index is 1290. The number of anilines is 1. The van der Waals surface area contributed by atoms with E-state index in [4.69, 9.17) is 11.6 Å². The van der Waals surface area contributed by atoms with Crippen LogP contribution in [0.2, 0.25) is 5.02 Å². The summed E-state index contributed by atoms with van der Waals surface area (Å²) in [6, 6.07) is 10.7. The number of nitrogens with zero attached hydrogens (tertiary/aromatic N) is 3. The maximum atomic E-state index is 14.0. The summed E-state index contributed by atoms with van der Waals surface area (Å²) in [6.07, 6.45) is -2.85. The predicted octanol–water partition coefficient (Wildman–Crippen LogP) is 4.63. The summed E-state index contributed by atoms with van der Waals surface area (Å²) in [6.45, 7) is 0.839. The van der Waals surface area contributed by atoms with Gasteiger partial charge in [0.1, 0.15) is 0 Å². The fraction of sp³-hybridized carbons (Fsp3) is 0.333. The number of hydrogen-bond acceptors (Lipinski definition) is 4. The van der Waals surface area contributed by atoms with E-state index in [1.165, 1.54) is 12.1 Å². The summed E-state index contributed by atoms with van der Waals surface area (Å²) in [4.78, 5) is 15.1. The molecule has 5 nitrogen and oxygen atoms in total. The largest absolute Gasteiger partial charge is 0.418 e. The van der Waals surface area contributed by atoms with E-state index in [-0.39, 0.29) is 5.69 Å². The van der Waals surface area contributed by atoms with Gasteiger partial charge in [-0.15, -0.1) is 0 Å². The van der Waals surface area contributed by atoms with Crippen LogP contribution in [0, 0.1) is 0 Å². The molecule has 172 valence electrons. The lowest BCUT2D eigenvalue weighted by molar-refractivity contribution is -0.137. The first kappa shape index (κ1) is 22.0. The number of alkyl halides is 3. The van der Waals surface area contributed by atoms with Crippen molar-refractivity contribution in [1.82, 2.24) is 9.78 Å². The topological polar surface area (TPSA) is 58.4 Å². The van der Waals surface area contributed by atoms with Gasteiger partial charge in [0.25, 0.3) is 5.56 Å². The lowest BCUT2D eigenvalue weighted by Gasteiger charge is -2.22. The molecule has 3 aromatic rings. The number of aliphatic hydroxyl groups is 1. The van der Waals surface area contributed by atoms with E-state index in [0.717, 1.165) is 22.7 Å². The van der Waals surface area contributed by atoms with Gasteiger partial charge in [0.2, 0.25) is 0 Å². The van der Waals surface area contributed by atoms with Gasteiger partial charge >= 0.3 is 6.18 Å². The van der Waals surface area contributed by atoms with Crippen molar-refractivity contribution in [3.8, 4) is 16.9 Å². The van der Waals surface area contributed by atoms with Crippen molar-refractivity contribution < 1.29 is 18.3 Å². The third-order valence-electron chi connectivity index (χ3n) is 6.33. The highest BCUT2D eigenvalue weighted by Crippen LogP contribution is 2.38. The van der Waals surface area contributed by atoms with Gasteiger partial charge in [0.05, 0.1) is 28.1 Å². The average Bonchev–Trinajstić information content (AvgIpc) is 3.43. The molecule has 2 aliphatic rings. The number of rotatable bonds is 3. The maximum Gasteiger partial charge on any atom is 0.418 e. The number of aliphatic hydroxyl groups excluding tert-OH is 1. The molecule has 9 heteroatoms. The van der Waals surface area contributed by atoms with Gasteiger partial charge in [0.15, 0.2) is 0 Å². The van der Waals surface area contributed by atoms with Gasteiger partial charge in [-0.05, 0) is 55.5 Å². The molecule has 0 radical (unpaired) electrons. The Balaban J connectivity index is 1.76. The number of aromatic nitrogens is 2. The van der Waals surface area contributed by atoms with E-state index in [9.17, 15) is 23.1 Å². The number of halogens is 4. The monoisotopic (exact) mass is 475 g/mol. The van der Waals surface area contributed by atoms with E-state index in [1.807, 2.05) is 4.90 Å². The van der Waals surface area contributed by atoms with Gasteiger partial charge in [-0.1, -0.05) is 29.8 Å². The zero-order valence-electron chi connectivity index (χ0n) is 17.6. The standard InChI is InChI=1S/C24H21ClF3N3O2/c25-20-7-2-1-4-18(20)22-16-5-3-6-17(16)23(33)31(29-22)21-12-14(30-11-10-15(32)13-30)8-9-19(21)24(26,27)28/h1-2,4,7-9,12,15,32H,3,5-6,10-11,13H2. The molecule has 0 amide bonds. The third kappa shape index (κ3) is 3.91. The Hall–Kier alpha value is -2.84. The fourth-order valence-electron chi connectivity index (χ4n) is 4.72. The summed E-state index contributed by atoms with van der Waals surface area (Å²) in [7, 11) is 0. The molecule has 1 saturated heterocycles. The van der Waals surface area contributed by atoms with Gasteiger partial charge in [-0.3, -0.25) is 4.79 Å². The minimum absolute atomic E-state index is 0.322. The van der Waals surface area contributed by atoms with Gasteiger partial charge < -0.3 is 10.0 Å². The van der Waals surface area contributed by atoms with Crippen molar-refractivity contribution in [1.29, 1.82) is 0 Å². The zero-order chi connectivity index (χ0) is 23.3. The maximum absolute atomic E-state index is 14.0. The molecular weight excluding hydrogens is 455 g/mol. The molecule has 1 aliphatic heterocycles. The first-order chi connectivity index (χ1) is 15.7. The molecule has 0 spiro atoms. The summed E-state index contributed by atoms with van der Waals surface area (Å²) in [5.74, 6) is 0. The van der Waals surface area contributed by atoms with Crippen molar-refractivity contribution in [2.75, 3.05) is 18.0 Å². The van der Waals surface area contributed by atoms with E-state index >= 15 is 0 Å². The second kappa shape index (κ2) is 8.18. The van der Waals surface area contributed by atoms with Gasteiger partial charge in [-0.2, -0.15) is 23.0 Å². The smallest absolute Gasteiger partial charge is 0.391 e. The Morgan fingerprint density at radius 1 is 1.09 bits per heavy atom. The van der Waals surface area contributed by atoms with Crippen LogP contribution in [0.15, 0.2) is 47.3 Å². The summed E-state index contributed by atoms with van der Waals surface area (Å²) >= 11 is 6.39. The van der Waals surface area contributed by atoms with Crippen LogP contribution in [0.25, 0.3) is 16.9 Å².